The minimum absolute atomic E-state index is 0.351. The van der Waals surface area contributed by atoms with Crippen molar-refractivity contribution in [2.75, 3.05) is 6.54 Å². The molecule has 0 aliphatic carbocycles. The maximum Gasteiger partial charge on any atom is 0.133 e. The number of likely N-dealkylation sites (N-methyl/N-ethyl adjacent to an activating group) is 1. The molecule has 0 radical (unpaired) electrons. The third-order valence-corrected chi connectivity index (χ3v) is 2.68. The molecule has 1 heterocycles. The Morgan fingerprint density at radius 3 is 2.20 bits per heavy atom. The van der Waals surface area contributed by atoms with Crippen LogP contribution in [0, 0.1) is 13.8 Å². The zero-order valence-corrected chi connectivity index (χ0v) is 10.3. The van der Waals surface area contributed by atoms with Crippen molar-refractivity contribution in [3.05, 3.63) is 23.3 Å². The third kappa shape index (κ3) is 3.27. The van der Waals surface area contributed by atoms with Gasteiger partial charge < -0.3 is 5.32 Å². The van der Waals surface area contributed by atoms with E-state index in [1.807, 2.05) is 19.9 Å². The van der Waals surface area contributed by atoms with Gasteiger partial charge in [-0.2, -0.15) is 0 Å². The Morgan fingerprint density at radius 1 is 1.20 bits per heavy atom. The molecular weight excluding hydrogens is 186 g/mol. The average molecular weight is 207 g/mol. The van der Waals surface area contributed by atoms with Crippen molar-refractivity contribution >= 4 is 0 Å². The number of nitrogens with zero attached hydrogens (tertiary/aromatic N) is 2. The summed E-state index contributed by atoms with van der Waals surface area (Å²) in [5.74, 6) is 1.30. The van der Waals surface area contributed by atoms with E-state index >= 15 is 0 Å². The summed E-state index contributed by atoms with van der Waals surface area (Å²) in [5.41, 5.74) is 2.10. The molecule has 2 atom stereocenters. The van der Waals surface area contributed by atoms with E-state index in [9.17, 15) is 0 Å². The molecule has 0 fully saturated rings. The van der Waals surface area contributed by atoms with Gasteiger partial charge in [0.25, 0.3) is 0 Å². The van der Waals surface area contributed by atoms with Crippen molar-refractivity contribution in [1.29, 1.82) is 0 Å². The fourth-order valence-electron chi connectivity index (χ4n) is 1.68. The molecule has 0 amide bonds. The summed E-state index contributed by atoms with van der Waals surface area (Å²) in [7, 11) is 0. The molecule has 0 aliphatic heterocycles. The smallest absolute Gasteiger partial charge is 0.133 e. The van der Waals surface area contributed by atoms with Gasteiger partial charge in [0.1, 0.15) is 5.82 Å². The van der Waals surface area contributed by atoms with Crippen molar-refractivity contribution in [2.24, 2.45) is 0 Å². The predicted molar refractivity (Wildman–Crippen MR) is 63.1 cm³/mol. The topological polar surface area (TPSA) is 37.8 Å². The van der Waals surface area contributed by atoms with E-state index in [1.54, 1.807) is 0 Å². The first-order valence-corrected chi connectivity index (χ1v) is 5.60. The van der Waals surface area contributed by atoms with Gasteiger partial charge >= 0.3 is 0 Å². The Kier molecular flexibility index (Phi) is 4.21. The van der Waals surface area contributed by atoms with Crippen LogP contribution in [-0.4, -0.2) is 22.6 Å². The molecule has 2 unspecified atom stereocenters. The van der Waals surface area contributed by atoms with Gasteiger partial charge in [0.2, 0.25) is 0 Å². The summed E-state index contributed by atoms with van der Waals surface area (Å²) in [6, 6.07) is 2.42. The van der Waals surface area contributed by atoms with Gasteiger partial charge in [0, 0.05) is 23.3 Å². The first kappa shape index (κ1) is 12.1. The van der Waals surface area contributed by atoms with Crippen LogP contribution in [-0.2, 0) is 0 Å². The number of hydrogen-bond acceptors (Lipinski definition) is 3. The zero-order valence-electron chi connectivity index (χ0n) is 10.3. The van der Waals surface area contributed by atoms with Crippen molar-refractivity contribution in [3.63, 3.8) is 0 Å². The molecular formula is C12H21N3. The standard InChI is InChI=1S/C12H21N3/c1-6-13-11(5)10(4)12-14-8(2)7-9(3)15-12/h7,10-11,13H,6H2,1-5H3. The van der Waals surface area contributed by atoms with Crippen LogP contribution in [0.15, 0.2) is 6.07 Å². The third-order valence-electron chi connectivity index (χ3n) is 2.68. The number of aryl methyl sites for hydroxylation is 2. The van der Waals surface area contributed by atoms with Gasteiger partial charge in [0.15, 0.2) is 0 Å². The molecule has 0 saturated heterocycles. The van der Waals surface area contributed by atoms with Crippen molar-refractivity contribution in [3.8, 4) is 0 Å². The Balaban J connectivity index is 2.85. The summed E-state index contributed by atoms with van der Waals surface area (Å²) in [6.45, 7) is 11.5. The summed E-state index contributed by atoms with van der Waals surface area (Å²) >= 11 is 0. The lowest BCUT2D eigenvalue weighted by Crippen LogP contribution is -2.31. The minimum Gasteiger partial charge on any atom is -0.314 e. The van der Waals surface area contributed by atoms with Crippen LogP contribution in [0.25, 0.3) is 0 Å². The highest BCUT2D eigenvalue weighted by Gasteiger charge is 2.16. The average Bonchev–Trinajstić information content (AvgIpc) is 2.15. The number of hydrogen-bond donors (Lipinski definition) is 1. The molecule has 1 aromatic rings. The van der Waals surface area contributed by atoms with Gasteiger partial charge in [-0.3, -0.25) is 0 Å². The summed E-state index contributed by atoms with van der Waals surface area (Å²) < 4.78 is 0. The van der Waals surface area contributed by atoms with Crippen molar-refractivity contribution < 1.29 is 0 Å². The van der Waals surface area contributed by atoms with Crippen molar-refractivity contribution in [2.45, 2.75) is 46.6 Å². The fraction of sp³-hybridized carbons (Fsp3) is 0.667. The van der Waals surface area contributed by atoms with E-state index in [0.29, 0.717) is 12.0 Å². The number of nitrogens with one attached hydrogen (secondary N) is 1. The first-order chi connectivity index (χ1) is 7.04. The number of aromatic nitrogens is 2. The summed E-state index contributed by atoms with van der Waals surface area (Å²) in [5, 5.41) is 3.40. The van der Waals surface area contributed by atoms with E-state index in [4.69, 9.17) is 0 Å². The number of rotatable bonds is 4. The van der Waals surface area contributed by atoms with Gasteiger partial charge in [-0.05, 0) is 33.4 Å². The molecule has 3 nitrogen and oxygen atoms in total. The Labute approximate surface area is 92.3 Å². The lowest BCUT2D eigenvalue weighted by atomic mass is 10.0. The van der Waals surface area contributed by atoms with Crippen LogP contribution in [0.2, 0.25) is 0 Å². The van der Waals surface area contributed by atoms with Crippen LogP contribution in [0.1, 0.15) is 43.9 Å². The summed E-state index contributed by atoms with van der Waals surface area (Å²) in [4.78, 5) is 8.97. The van der Waals surface area contributed by atoms with Crippen LogP contribution in [0.4, 0.5) is 0 Å². The molecule has 0 bridgehead atoms. The maximum atomic E-state index is 4.49. The molecule has 0 spiro atoms. The SMILES string of the molecule is CCNC(C)C(C)c1nc(C)cc(C)n1. The second-order valence-electron chi connectivity index (χ2n) is 4.14. The van der Waals surface area contributed by atoms with E-state index < -0.39 is 0 Å². The van der Waals surface area contributed by atoms with Gasteiger partial charge in [-0.25, -0.2) is 9.97 Å². The van der Waals surface area contributed by atoms with Crippen molar-refractivity contribution in [1.82, 2.24) is 15.3 Å². The highest BCUT2D eigenvalue weighted by Crippen LogP contribution is 2.15. The van der Waals surface area contributed by atoms with Crippen LogP contribution in [0.5, 0.6) is 0 Å². The monoisotopic (exact) mass is 207 g/mol. The quantitative estimate of drug-likeness (QED) is 0.822. The molecule has 1 aromatic heterocycles. The molecule has 0 saturated carbocycles. The van der Waals surface area contributed by atoms with E-state index in [2.05, 4.69) is 36.1 Å². The Bertz CT molecular complexity index is 302. The lowest BCUT2D eigenvalue weighted by molar-refractivity contribution is 0.477. The minimum atomic E-state index is 0.351. The lowest BCUT2D eigenvalue weighted by Gasteiger charge is -2.19. The second-order valence-corrected chi connectivity index (χ2v) is 4.14. The molecule has 1 rings (SSSR count). The van der Waals surface area contributed by atoms with Gasteiger partial charge in [-0.15, -0.1) is 0 Å². The first-order valence-electron chi connectivity index (χ1n) is 5.60. The summed E-state index contributed by atoms with van der Waals surface area (Å²) in [6.07, 6.45) is 0. The van der Waals surface area contributed by atoms with E-state index in [0.717, 1.165) is 23.8 Å². The normalized spacial score (nSPS) is 15.0. The van der Waals surface area contributed by atoms with E-state index in [-0.39, 0.29) is 0 Å². The van der Waals surface area contributed by atoms with Gasteiger partial charge in [0.05, 0.1) is 0 Å². The van der Waals surface area contributed by atoms with E-state index in [1.165, 1.54) is 0 Å². The fourth-order valence-corrected chi connectivity index (χ4v) is 1.68. The highest BCUT2D eigenvalue weighted by atomic mass is 14.9. The van der Waals surface area contributed by atoms with Crippen LogP contribution < -0.4 is 5.32 Å². The molecule has 1 N–H and O–H groups in total. The van der Waals surface area contributed by atoms with Crippen LogP contribution >= 0.6 is 0 Å². The Hall–Kier alpha value is -0.960. The zero-order chi connectivity index (χ0) is 11.4. The maximum absolute atomic E-state index is 4.49. The molecule has 84 valence electrons. The Morgan fingerprint density at radius 2 is 1.73 bits per heavy atom. The highest BCUT2D eigenvalue weighted by molar-refractivity contribution is 5.11. The largest absolute Gasteiger partial charge is 0.314 e. The van der Waals surface area contributed by atoms with Crippen LogP contribution in [0.3, 0.4) is 0 Å². The second kappa shape index (κ2) is 5.21. The predicted octanol–water partition coefficient (Wildman–Crippen LogP) is 2.19. The molecule has 0 aromatic carbocycles. The van der Waals surface area contributed by atoms with Gasteiger partial charge in [-0.1, -0.05) is 13.8 Å². The molecule has 15 heavy (non-hydrogen) atoms. The molecule has 0 aliphatic rings. The molecule has 3 heteroatoms.